The van der Waals surface area contributed by atoms with Gasteiger partial charge < -0.3 is 14.7 Å². The van der Waals surface area contributed by atoms with Gasteiger partial charge in [-0.2, -0.15) is 0 Å². The molecule has 160 valence electrons. The average molecular weight is 464 g/mol. The van der Waals surface area contributed by atoms with Crippen molar-refractivity contribution in [3.05, 3.63) is 65.9 Å². The number of aromatic nitrogens is 6. The van der Waals surface area contributed by atoms with Crippen LogP contribution in [0.2, 0.25) is 0 Å². The normalized spacial score (nSPS) is 11.1. The highest BCUT2D eigenvalue weighted by molar-refractivity contribution is 7.99. The summed E-state index contributed by atoms with van der Waals surface area (Å²) >= 11 is 2.55. The molecule has 11 heteroatoms. The van der Waals surface area contributed by atoms with Gasteiger partial charge in [-0.3, -0.25) is 9.78 Å². The molecule has 9 nitrogen and oxygen atoms in total. The number of anilines is 1. The standard InChI is InChI=1S/C21H17N7O2S2/c29-18(26-20-25-16(11-31-20)13-4-3-9-22-10-13)12-32-21-28-27-19(30-21)8-7-17-23-14-5-1-2-6-15(14)24-17/h1-6,9-11H,7-8,12H2,(H,23,24)(H,25,26,29). The van der Waals surface area contributed by atoms with Crippen LogP contribution in [0, 0.1) is 0 Å². The Morgan fingerprint density at radius 1 is 1.12 bits per heavy atom. The molecule has 5 aromatic rings. The minimum atomic E-state index is -0.191. The van der Waals surface area contributed by atoms with Crippen LogP contribution < -0.4 is 5.32 Å². The number of aromatic amines is 1. The Hall–Kier alpha value is -3.57. The molecule has 4 aromatic heterocycles. The molecule has 0 bridgehead atoms. The van der Waals surface area contributed by atoms with Crippen LogP contribution in [0.25, 0.3) is 22.3 Å². The number of fused-ring (bicyclic) bond motifs is 1. The molecule has 0 aliphatic heterocycles. The number of carbonyl (C=O) groups is 1. The van der Waals surface area contributed by atoms with Gasteiger partial charge in [0.2, 0.25) is 11.8 Å². The van der Waals surface area contributed by atoms with Crippen LogP contribution >= 0.6 is 23.1 Å². The number of hydrogen-bond donors (Lipinski definition) is 2. The summed E-state index contributed by atoms with van der Waals surface area (Å²) < 4.78 is 5.64. The quantitative estimate of drug-likeness (QED) is 0.331. The van der Waals surface area contributed by atoms with Crippen LogP contribution in [0.15, 0.2) is 63.8 Å². The van der Waals surface area contributed by atoms with Crippen molar-refractivity contribution in [2.24, 2.45) is 0 Å². The third-order valence-electron chi connectivity index (χ3n) is 4.50. The van der Waals surface area contributed by atoms with E-state index in [1.165, 1.54) is 23.1 Å². The number of para-hydroxylation sites is 2. The minimum Gasteiger partial charge on any atom is -0.416 e. The van der Waals surface area contributed by atoms with Gasteiger partial charge in [-0.05, 0) is 24.3 Å². The lowest BCUT2D eigenvalue weighted by Crippen LogP contribution is -2.13. The second kappa shape index (κ2) is 9.28. The average Bonchev–Trinajstić information content (AvgIpc) is 3.56. The van der Waals surface area contributed by atoms with Gasteiger partial charge in [0.25, 0.3) is 5.22 Å². The molecule has 1 amide bonds. The molecule has 32 heavy (non-hydrogen) atoms. The zero-order valence-electron chi connectivity index (χ0n) is 16.7. The molecule has 0 aliphatic carbocycles. The van der Waals surface area contributed by atoms with E-state index in [9.17, 15) is 4.79 Å². The summed E-state index contributed by atoms with van der Waals surface area (Å²) in [7, 11) is 0. The molecule has 0 aliphatic rings. The Labute approximate surface area is 190 Å². The van der Waals surface area contributed by atoms with Crippen molar-refractivity contribution in [2.75, 3.05) is 11.1 Å². The van der Waals surface area contributed by atoms with E-state index < -0.39 is 0 Å². The zero-order valence-corrected chi connectivity index (χ0v) is 18.3. The first-order valence-corrected chi connectivity index (χ1v) is 11.6. The van der Waals surface area contributed by atoms with Crippen LogP contribution in [0.3, 0.4) is 0 Å². The SMILES string of the molecule is O=C(CSc1nnc(CCc2nc3ccccc3[nH]2)o1)Nc1nc(-c2cccnc2)cs1. The number of aryl methyl sites for hydroxylation is 2. The van der Waals surface area contributed by atoms with Crippen LogP contribution in [-0.4, -0.2) is 41.8 Å². The molecular formula is C21H17N7O2S2. The van der Waals surface area contributed by atoms with Crippen molar-refractivity contribution in [3.8, 4) is 11.3 Å². The van der Waals surface area contributed by atoms with Gasteiger partial charge in [0.05, 0.1) is 22.5 Å². The maximum absolute atomic E-state index is 12.3. The molecule has 0 fully saturated rings. The first-order chi connectivity index (χ1) is 15.7. The van der Waals surface area contributed by atoms with Crippen LogP contribution in [-0.2, 0) is 17.6 Å². The fourth-order valence-electron chi connectivity index (χ4n) is 3.01. The first-order valence-electron chi connectivity index (χ1n) is 9.77. The lowest BCUT2D eigenvalue weighted by atomic mass is 10.2. The fourth-order valence-corrected chi connectivity index (χ4v) is 4.32. The number of nitrogens with one attached hydrogen (secondary N) is 2. The summed E-state index contributed by atoms with van der Waals surface area (Å²) in [6.07, 6.45) is 4.66. The van der Waals surface area contributed by atoms with E-state index in [0.29, 0.717) is 29.1 Å². The van der Waals surface area contributed by atoms with Crippen molar-refractivity contribution in [1.82, 2.24) is 30.1 Å². The van der Waals surface area contributed by atoms with E-state index in [4.69, 9.17) is 4.42 Å². The van der Waals surface area contributed by atoms with Crippen molar-refractivity contribution in [1.29, 1.82) is 0 Å². The predicted octanol–water partition coefficient (Wildman–Crippen LogP) is 3.98. The van der Waals surface area contributed by atoms with E-state index in [0.717, 1.165) is 28.1 Å². The van der Waals surface area contributed by atoms with Crippen LogP contribution in [0.5, 0.6) is 0 Å². The minimum absolute atomic E-state index is 0.146. The molecule has 0 saturated carbocycles. The number of nitrogens with zero attached hydrogens (tertiary/aromatic N) is 5. The molecule has 0 spiro atoms. The summed E-state index contributed by atoms with van der Waals surface area (Å²) in [5, 5.41) is 13.6. The lowest BCUT2D eigenvalue weighted by molar-refractivity contribution is -0.113. The van der Waals surface area contributed by atoms with E-state index in [1.807, 2.05) is 41.8 Å². The van der Waals surface area contributed by atoms with Crippen molar-refractivity contribution >= 4 is 45.2 Å². The smallest absolute Gasteiger partial charge is 0.277 e. The second-order valence-electron chi connectivity index (χ2n) is 6.78. The molecule has 5 rings (SSSR count). The summed E-state index contributed by atoms with van der Waals surface area (Å²) in [6, 6.07) is 11.6. The number of benzene rings is 1. The third kappa shape index (κ3) is 4.84. The number of carbonyl (C=O) groups excluding carboxylic acids is 1. The summed E-state index contributed by atoms with van der Waals surface area (Å²) in [5.41, 5.74) is 3.61. The molecule has 0 saturated heterocycles. The highest BCUT2D eigenvalue weighted by Crippen LogP contribution is 2.24. The van der Waals surface area contributed by atoms with Crippen LogP contribution in [0.4, 0.5) is 5.13 Å². The predicted molar refractivity (Wildman–Crippen MR) is 122 cm³/mol. The number of H-pyrrole nitrogens is 1. The van der Waals surface area contributed by atoms with Crippen molar-refractivity contribution in [2.45, 2.75) is 18.1 Å². The van der Waals surface area contributed by atoms with Gasteiger partial charge in [-0.1, -0.05) is 23.9 Å². The molecule has 0 radical (unpaired) electrons. The van der Waals surface area contributed by atoms with Crippen molar-refractivity contribution in [3.63, 3.8) is 0 Å². The topological polar surface area (TPSA) is 122 Å². The fraction of sp³-hybridized carbons (Fsp3) is 0.143. The molecule has 0 unspecified atom stereocenters. The number of thiazole rings is 1. The van der Waals surface area contributed by atoms with E-state index in [2.05, 4.69) is 35.5 Å². The van der Waals surface area contributed by atoms with E-state index >= 15 is 0 Å². The maximum atomic E-state index is 12.3. The van der Waals surface area contributed by atoms with E-state index in [1.54, 1.807) is 12.4 Å². The molecular weight excluding hydrogens is 446 g/mol. The Kier molecular flexibility index (Phi) is 5.90. The number of amides is 1. The monoisotopic (exact) mass is 463 g/mol. The van der Waals surface area contributed by atoms with Gasteiger partial charge in [0, 0.05) is 36.2 Å². The number of imidazole rings is 1. The maximum Gasteiger partial charge on any atom is 0.277 e. The van der Waals surface area contributed by atoms with Gasteiger partial charge in [0.1, 0.15) is 5.82 Å². The van der Waals surface area contributed by atoms with Gasteiger partial charge >= 0.3 is 0 Å². The molecule has 0 atom stereocenters. The Balaban J connectivity index is 1.11. The molecule has 1 aromatic carbocycles. The van der Waals surface area contributed by atoms with E-state index in [-0.39, 0.29) is 11.7 Å². The number of thioether (sulfide) groups is 1. The lowest BCUT2D eigenvalue weighted by Gasteiger charge is -1.99. The van der Waals surface area contributed by atoms with Crippen LogP contribution in [0.1, 0.15) is 11.7 Å². The summed E-state index contributed by atoms with van der Waals surface area (Å²) in [5.74, 6) is 1.33. The third-order valence-corrected chi connectivity index (χ3v) is 6.07. The highest BCUT2D eigenvalue weighted by atomic mass is 32.2. The molecule has 2 N–H and O–H groups in total. The van der Waals surface area contributed by atoms with Gasteiger partial charge in [0.15, 0.2) is 5.13 Å². The number of pyridine rings is 1. The van der Waals surface area contributed by atoms with Gasteiger partial charge in [-0.15, -0.1) is 21.5 Å². The largest absolute Gasteiger partial charge is 0.416 e. The summed E-state index contributed by atoms with van der Waals surface area (Å²) in [4.78, 5) is 28.6. The number of rotatable bonds is 8. The Morgan fingerprint density at radius 3 is 2.94 bits per heavy atom. The summed E-state index contributed by atoms with van der Waals surface area (Å²) in [6.45, 7) is 0. The first kappa shape index (κ1) is 20.3. The molecule has 4 heterocycles. The number of hydrogen-bond acceptors (Lipinski definition) is 9. The highest BCUT2D eigenvalue weighted by Gasteiger charge is 2.13. The Bertz CT molecular complexity index is 1310. The zero-order chi connectivity index (χ0) is 21.8. The second-order valence-corrected chi connectivity index (χ2v) is 8.56. The Morgan fingerprint density at radius 2 is 2.06 bits per heavy atom. The van der Waals surface area contributed by atoms with Gasteiger partial charge in [-0.25, -0.2) is 9.97 Å². The van der Waals surface area contributed by atoms with Crippen molar-refractivity contribution < 1.29 is 9.21 Å².